The van der Waals surface area contributed by atoms with Crippen LogP contribution in [-0.2, 0) is 0 Å². The molecule has 11 heavy (non-hydrogen) atoms. The first-order valence-corrected chi connectivity index (χ1v) is 3.86. The van der Waals surface area contributed by atoms with Crippen molar-refractivity contribution in [2.75, 3.05) is 6.54 Å². The van der Waals surface area contributed by atoms with E-state index < -0.39 is 0 Å². The molecule has 1 saturated heterocycles. The van der Waals surface area contributed by atoms with Crippen molar-refractivity contribution in [1.82, 2.24) is 5.01 Å². The van der Waals surface area contributed by atoms with Gasteiger partial charge in [-0.05, 0) is 18.1 Å². The van der Waals surface area contributed by atoms with Crippen LogP contribution in [0.15, 0.2) is 24.3 Å². The van der Waals surface area contributed by atoms with Crippen molar-refractivity contribution in [3.63, 3.8) is 0 Å². The second kappa shape index (κ2) is 2.32. The van der Waals surface area contributed by atoms with E-state index in [-0.39, 0.29) is 0 Å². The summed E-state index contributed by atoms with van der Waals surface area (Å²) in [4.78, 5) is 0. The van der Waals surface area contributed by atoms with Gasteiger partial charge in [-0.15, -0.1) is 0 Å². The summed E-state index contributed by atoms with van der Waals surface area (Å²) >= 11 is 0. The molecule has 2 nitrogen and oxygen atoms in total. The number of hydrogen-bond acceptors (Lipinski definition) is 2. The van der Waals surface area contributed by atoms with Crippen LogP contribution in [0.5, 0.6) is 0 Å². The maximum atomic E-state index is 5.60. The maximum absolute atomic E-state index is 5.60. The number of nitrogens with zero attached hydrogens (tertiary/aromatic N) is 1. The number of hydrogen-bond donors (Lipinski definition) is 1. The van der Waals surface area contributed by atoms with E-state index in [1.807, 2.05) is 5.01 Å². The molecule has 0 radical (unpaired) electrons. The Balaban J connectivity index is 2.31. The van der Waals surface area contributed by atoms with Gasteiger partial charge >= 0.3 is 0 Å². The summed E-state index contributed by atoms with van der Waals surface area (Å²) in [6.07, 6.45) is 0. The molecule has 1 aromatic rings. The van der Waals surface area contributed by atoms with E-state index in [1.54, 1.807) is 0 Å². The predicted octanol–water partition coefficient (Wildman–Crippen LogP) is 1.23. The lowest BCUT2D eigenvalue weighted by Gasteiger charge is -2.01. The smallest absolute Gasteiger partial charge is 0.0635 e. The Labute approximate surface area is 66.6 Å². The molecular weight excluding hydrogens is 136 g/mol. The van der Waals surface area contributed by atoms with Crippen LogP contribution >= 0.6 is 0 Å². The van der Waals surface area contributed by atoms with Gasteiger partial charge in [-0.1, -0.05) is 24.3 Å². The fraction of sp³-hybridized carbons (Fsp3) is 0.333. The molecule has 2 N–H and O–H groups in total. The molecule has 0 saturated carbocycles. The number of benzene rings is 1. The van der Waals surface area contributed by atoms with Gasteiger partial charge in [0.25, 0.3) is 0 Å². The number of hydrazine groups is 1. The highest BCUT2D eigenvalue weighted by Gasteiger charge is 2.32. The molecule has 0 spiro atoms. The highest BCUT2D eigenvalue weighted by atomic mass is 15.5. The fourth-order valence-corrected chi connectivity index (χ4v) is 1.39. The van der Waals surface area contributed by atoms with Gasteiger partial charge in [0.15, 0.2) is 0 Å². The van der Waals surface area contributed by atoms with Gasteiger partial charge in [0.1, 0.15) is 0 Å². The van der Waals surface area contributed by atoms with Crippen LogP contribution in [0.25, 0.3) is 0 Å². The summed E-state index contributed by atoms with van der Waals surface area (Å²) in [5.41, 5.74) is 2.71. The van der Waals surface area contributed by atoms with E-state index in [0.717, 1.165) is 6.54 Å². The predicted molar refractivity (Wildman–Crippen MR) is 44.8 cm³/mol. The summed E-state index contributed by atoms with van der Waals surface area (Å²) < 4.78 is 0. The number of rotatable bonds is 1. The minimum absolute atomic E-state index is 0.483. The first-order chi connectivity index (χ1) is 5.29. The van der Waals surface area contributed by atoms with E-state index in [2.05, 4.69) is 31.2 Å². The lowest BCUT2D eigenvalue weighted by molar-refractivity contribution is 0.547. The Bertz CT molecular complexity index is 270. The minimum Gasteiger partial charge on any atom is -0.268 e. The molecule has 1 aliphatic rings. The number of nitrogens with two attached hydrogens (primary N) is 1. The summed E-state index contributed by atoms with van der Waals surface area (Å²) in [5.74, 6) is 5.60. The van der Waals surface area contributed by atoms with Crippen molar-refractivity contribution >= 4 is 0 Å². The molecule has 2 rings (SSSR count). The van der Waals surface area contributed by atoms with Gasteiger partial charge in [-0.25, -0.2) is 5.01 Å². The number of aryl methyl sites for hydroxylation is 1. The van der Waals surface area contributed by atoms with Gasteiger partial charge in [-0.3, -0.25) is 5.84 Å². The first-order valence-electron chi connectivity index (χ1n) is 3.86. The molecule has 58 valence electrons. The first kappa shape index (κ1) is 6.83. The quantitative estimate of drug-likeness (QED) is 0.479. The van der Waals surface area contributed by atoms with E-state index in [0.29, 0.717) is 6.04 Å². The maximum Gasteiger partial charge on any atom is 0.0635 e. The summed E-state index contributed by atoms with van der Waals surface area (Å²) in [5, 5.41) is 1.85. The van der Waals surface area contributed by atoms with Crippen LogP contribution in [0.3, 0.4) is 0 Å². The molecule has 0 aromatic heterocycles. The van der Waals surface area contributed by atoms with Gasteiger partial charge in [0.05, 0.1) is 6.04 Å². The molecule has 1 aliphatic heterocycles. The molecular formula is C9H12N2. The van der Waals surface area contributed by atoms with Crippen LogP contribution in [0.1, 0.15) is 17.2 Å². The van der Waals surface area contributed by atoms with Crippen molar-refractivity contribution in [1.29, 1.82) is 0 Å². The standard InChI is InChI=1S/C9H12N2/c1-7-4-2-3-5-8(7)9-6-11(9)10/h2-5,9H,6,10H2,1H3. The van der Waals surface area contributed by atoms with Crippen molar-refractivity contribution in [2.24, 2.45) is 5.84 Å². The topological polar surface area (TPSA) is 29.0 Å². The Morgan fingerprint density at radius 1 is 1.45 bits per heavy atom. The van der Waals surface area contributed by atoms with Crippen LogP contribution in [0.2, 0.25) is 0 Å². The average molecular weight is 148 g/mol. The van der Waals surface area contributed by atoms with Crippen LogP contribution < -0.4 is 5.84 Å². The SMILES string of the molecule is Cc1ccccc1C1CN1N. The van der Waals surface area contributed by atoms with Gasteiger partial charge in [-0.2, -0.15) is 0 Å². The molecule has 2 atom stereocenters. The van der Waals surface area contributed by atoms with Crippen molar-refractivity contribution in [2.45, 2.75) is 13.0 Å². The zero-order valence-electron chi connectivity index (χ0n) is 6.62. The second-order valence-electron chi connectivity index (χ2n) is 3.07. The molecule has 1 heterocycles. The molecule has 2 heteroatoms. The lowest BCUT2D eigenvalue weighted by Crippen LogP contribution is -2.06. The van der Waals surface area contributed by atoms with Crippen LogP contribution in [0, 0.1) is 6.92 Å². The van der Waals surface area contributed by atoms with Crippen molar-refractivity contribution in [3.05, 3.63) is 35.4 Å². The summed E-state index contributed by atoms with van der Waals surface area (Å²) in [6.45, 7) is 3.13. The van der Waals surface area contributed by atoms with Crippen LogP contribution in [0.4, 0.5) is 0 Å². The fourth-order valence-electron chi connectivity index (χ4n) is 1.39. The Kier molecular flexibility index (Phi) is 1.44. The molecule has 1 fully saturated rings. The molecule has 0 aliphatic carbocycles. The molecule has 1 aromatic carbocycles. The molecule has 2 unspecified atom stereocenters. The third kappa shape index (κ3) is 1.15. The van der Waals surface area contributed by atoms with E-state index in [9.17, 15) is 0 Å². The van der Waals surface area contributed by atoms with E-state index in [4.69, 9.17) is 5.84 Å². The van der Waals surface area contributed by atoms with Gasteiger partial charge < -0.3 is 0 Å². The highest BCUT2D eigenvalue weighted by Crippen LogP contribution is 2.32. The Morgan fingerprint density at radius 2 is 2.09 bits per heavy atom. The Morgan fingerprint density at radius 3 is 2.64 bits per heavy atom. The third-order valence-electron chi connectivity index (χ3n) is 2.20. The molecule has 0 bridgehead atoms. The zero-order valence-corrected chi connectivity index (χ0v) is 6.62. The minimum atomic E-state index is 0.483. The van der Waals surface area contributed by atoms with Crippen molar-refractivity contribution < 1.29 is 0 Å². The second-order valence-corrected chi connectivity index (χ2v) is 3.07. The normalized spacial score (nSPS) is 28.5. The summed E-state index contributed by atoms with van der Waals surface area (Å²) in [7, 11) is 0. The van der Waals surface area contributed by atoms with Gasteiger partial charge in [0.2, 0.25) is 0 Å². The highest BCUT2D eigenvalue weighted by molar-refractivity contribution is 5.31. The third-order valence-corrected chi connectivity index (χ3v) is 2.20. The monoisotopic (exact) mass is 148 g/mol. The average Bonchev–Trinajstić information content (AvgIpc) is 2.68. The zero-order chi connectivity index (χ0) is 7.84. The Hall–Kier alpha value is -0.860. The lowest BCUT2D eigenvalue weighted by atomic mass is 10.1. The van der Waals surface area contributed by atoms with Crippen molar-refractivity contribution in [3.8, 4) is 0 Å². The van der Waals surface area contributed by atoms with E-state index in [1.165, 1.54) is 11.1 Å². The summed E-state index contributed by atoms with van der Waals surface area (Å²) in [6, 6.07) is 8.88. The van der Waals surface area contributed by atoms with Gasteiger partial charge in [0, 0.05) is 6.54 Å². The van der Waals surface area contributed by atoms with Crippen LogP contribution in [-0.4, -0.2) is 11.6 Å². The molecule has 0 amide bonds. The van der Waals surface area contributed by atoms with E-state index >= 15 is 0 Å². The largest absolute Gasteiger partial charge is 0.268 e.